The number of halogens is 1. The van der Waals surface area contributed by atoms with E-state index in [2.05, 4.69) is 41.4 Å². The first-order valence-corrected chi connectivity index (χ1v) is 7.82. The molecule has 0 bridgehead atoms. The van der Waals surface area contributed by atoms with E-state index in [0.717, 1.165) is 31.5 Å². The molecule has 0 saturated heterocycles. The van der Waals surface area contributed by atoms with E-state index in [0.29, 0.717) is 0 Å². The highest BCUT2D eigenvalue weighted by molar-refractivity contribution is 9.10. The summed E-state index contributed by atoms with van der Waals surface area (Å²) >= 11 is 6.53. The number of aromatic nitrogens is 6. The number of hydrogen-bond acceptors (Lipinski definition) is 6. The fourth-order valence-corrected chi connectivity index (χ4v) is 3.70. The van der Waals surface area contributed by atoms with E-state index in [-0.39, 0.29) is 0 Å². The van der Waals surface area contributed by atoms with Crippen LogP contribution in [0.2, 0.25) is 0 Å². The molecule has 4 heterocycles. The molecule has 0 amide bonds. The van der Waals surface area contributed by atoms with Crippen LogP contribution in [0.25, 0.3) is 27.1 Å². The predicted octanol–water partition coefficient (Wildman–Crippen LogP) is 3.07. The minimum atomic E-state index is 0.759. The van der Waals surface area contributed by atoms with Crippen molar-refractivity contribution >= 4 is 43.6 Å². The Labute approximate surface area is 123 Å². The van der Waals surface area contributed by atoms with Crippen molar-refractivity contribution in [3.8, 4) is 22.1 Å². The number of hydrogen-bond donors (Lipinski definition) is 1. The molecule has 0 unspecified atom stereocenters. The lowest BCUT2D eigenvalue weighted by atomic mass is 10.3. The van der Waals surface area contributed by atoms with Crippen LogP contribution in [0.5, 0.6) is 0 Å². The monoisotopic (exact) mass is 352 g/mol. The van der Waals surface area contributed by atoms with E-state index in [4.69, 9.17) is 0 Å². The van der Waals surface area contributed by atoms with Gasteiger partial charge in [-0.05, 0) is 27.4 Å². The second-order valence-electron chi connectivity index (χ2n) is 3.73. The Balaban J connectivity index is 1.92. The summed E-state index contributed by atoms with van der Waals surface area (Å²) in [7, 11) is 0. The van der Waals surface area contributed by atoms with Gasteiger partial charge in [0.2, 0.25) is 4.96 Å². The maximum atomic E-state index is 4.55. The molecule has 0 atom stereocenters. The second-order valence-corrected chi connectivity index (χ2v) is 6.32. The Morgan fingerprint density at radius 2 is 2.26 bits per heavy atom. The molecular formula is C10H5BrN6S2. The summed E-state index contributed by atoms with van der Waals surface area (Å²) in [5.41, 5.74) is 1.88. The van der Waals surface area contributed by atoms with Crippen LogP contribution in [0.1, 0.15) is 0 Å². The van der Waals surface area contributed by atoms with Gasteiger partial charge in [-0.2, -0.15) is 26.0 Å². The van der Waals surface area contributed by atoms with Gasteiger partial charge >= 0.3 is 0 Å². The number of nitrogens with one attached hydrogen (secondary N) is 1. The van der Waals surface area contributed by atoms with E-state index in [1.165, 1.54) is 11.3 Å². The van der Waals surface area contributed by atoms with Crippen molar-refractivity contribution in [3.05, 3.63) is 27.5 Å². The lowest BCUT2D eigenvalue weighted by molar-refractivity contribution is 0.964. The molecule has 0 saturated carbocycles. The minimum Gasteiger partial charge on any atom is -0.274 e. The number of rotatable bonds is 2. The fourth-order valence-electron chi connectivity index (χ4n) is 1.71. The van der Waals surface area contributed by atoms with Gasteiger partial charge in [-0.1, -0.05) is 11.3 Å². The topological polar surface area (TPSA) is 71.8 Å². The quantitative estimate of drug-likeness (QED) is 0.601. The molecule has 0 radical (unpaired) electrons. The zero-order valence-corrected chi connectivity index (χ0v) is 12.5. The Kier molecular flexibility index (Phi) is 2.50. The third-order valence-corrected chi connectivity index (χ3v) is 4.78. The molecule has 0 aliphatic carbocycles. The van der Waals surface area contributed by atoms with Crippen molar-refractivity contribution in [2.24, 2.45) is 0 Å². The molecular weight excluding hydrogens is 348 g/mol. The van der Waals surface area contributed by atoms with Crippen molar-refractivity contribution < 1.29 is 0 Å². The van der Waals surface area contributed by atoms with E-state index in [1.807, 2.05) is 16.8 Å². The van der Waals surface area contributed by atoms with Crippen molar-refractivity contribution in [2.45, 2.75) is 0 Å². The molecule has 94 valence electrons. The average molecular weight is 353 g/mol. The molecule has 0 aliphatic rings. The summed E-state index contributed by atoms with van der Waals surface area (Å²) < 4.78 is 2.64. The first-order chi connectivity index (χ1) is 9.33. The normalized spacial score (nSPS) is 11.4. The molecule has 0 spiro atoms. The molecule has 4 rings (SSSR count). The van der Waals surface area contributed by atoms with Crippen molar-refractivity contribution in [2.75, 3.05) is 0 Å². The Bertz CT molecular complexity index is 843. The Hall–Kier alpha value is -1.58. The maximum absolute atomic E-state index is 4.55. The lowest BCUT2D eigenvalue weighted by Gasteiger charge is -1.91. The van der Waals surface area contributed by atoms with Crippen LogP contribution in [-0.2, 0) is 0 Å². The highest BCUT2D eigenvalue weighted by Crippen LogP contribution is 2.31. The Morgan fingerprint density at radius 1 is 1.32 bits per heavy atom. The largest absolute Gasteiger partial charge is 0.274 e. The highest BCUT2D eigenvalue weighted by Gasteiger charge is 2.16. The van der Waals surface area contributed by atoms with Gasteiger partial charge in [-0.15, -0.1) is 10.2 Å². The summed E-state index contributed by atoms with van der Waals surface area (Å²) in [4.78, 5) is 0.762. The van der Waals surface area contributed by atoms with Gasteiger partial charge in [0.1, 0.15) is 5.69 Å². The van der Waals surface area contributed by atoms with Gasteiger partial charge in [0.15, 0.2) is 10.8 Å². The van der Waals surface area contributed by atoms with Gasteiger partial charge in [0.25, 0.3) is 0 Å². The van der Waals surface area contributed by atoms with Crippen LogP contribution in [0, 0.1) is 0 Å². The maximum Gasteiger partial charge on any atom is 0.235 e. The van der Waals surface area contributed by atoms with Crippen molar-refractivity contribution in [1.29, 1.82) is 0 Å². The first kappa shape index (κ1) is 11.3. The van der Waals surface area contributed by atoms with Crippen molar-refractivity contribution in [3.63, 3.8) is 0 Å². The second kappa shape index (κ2) is 4.22. The van der Waals surface area contributed by atoms with Crippen LogP contribution < -0.4 is 0 Å². The number of fused-ring (bicyclic) bond motifs is 1. The average Bonchev–Trinajstić information content (AvgIpc) is 3.10. The van der Waals surface area contributed by atoms with Crippen LogP contribution in [0.15, 0.2) is 27.5 Å². The third-order valence-electron chi connectivity index (χ3n) is 2.58. The van der Waals surface area contributed by atoms with Gasteiger partial charge in [-0.3, -0.25) is 5.10 Å². The molecule has 0 aliphatic heterocycles. The zero-order valence-electron chi connectivity index (χ0n) is 9.24. The molecule has 19 heavy (non-hydrogen) atoms. The summed E-state index contributed by atoms with van der Waals surface area (Å²) in [5, 5.41) is 24.6. The molecule has 4 aromatic rings. The van der Waals surface area contributed by atoms with Crippen LogP contribution in [0.4, 0.5) is 0 Å². The van der Waals surface area contributed by atoms with Gasteiger partial charge in [-0.25, -0.2) is 0 Å². The summed E-state index contributed by atoms with van der Waals surface area (Å²) in [6.07, 6.45) is 1.71. The Morgan fingerprint density at radius 3 is 3.00 bits per heavy atom. The molecule has 6 nitrogen and oxygen atoms in total. The fraction of sp³-hybridized carbons (Fsp3) is 0. The third kappa shape index (κ3) is 1.73. The van der Waals surface area contributed by atoms with Gasteiger partial charge in [0, 0.05) is 10.9 Å². The molecule has 0 aromatic carbocycles. The number of thiophene rings is 1. The predicted molar refractivity (Wildman–Crippen MR) is 77.3 cm³/mol. The standard InChI is InChI=1S/C10H5BrN6S2/c11-6-3-12-13-7(6)9-16-17-8(5-1-2-18-4-5)14-15-10(17)19-9/h1-4H,(H,12,13). The lowest BCUT2D eigenvalue weighted by Crippen LogP contribution is -1.89. The summed E-state index contributed by atoms with van der Waals surface area (Å²) in [6.45, 7) is 0. The van der Waals surface area contributed by atoms with Gasteiger partial charge in [0.05, 0.1) is 10.7 Å². The number of aromatic amines is 1. The molecule has 9 heteroatoms. The first-order valence-electron chi connectivity index (χ1n) is 5.27. The van der Waals surface area contributed by atoms with E-state index in [9.17, 15) is 0 Å². The smallest absolute Gasteiger partial charge is 0.235 e. The van der Waals surface area contributed by atoms with Crippen molar-refractivity contribution in [1.82, 2.24) is 30.0 Å². The van der Waals surface area contributed by atoms with E-state index < -0.39 is 0 Å². The molecule has 1 N–H and O–H groups in total. The minimum absolute atomic E-state index is 0.759. The highest BCUT2D eigenvalue weighted by atomic mass is 79.9. The van der Waals surface area contributed by atoms with Crippen LogP contribution in [-0.4, -0.2) is 30.0 Å². The van der Waals surface area contributed by atoms with Crippen LogP contribution >= 0.6 is 38.6 Å². The zero-order chi connectivity index (χ0) is 12.8. The van der Waals surface area contributed by atoms with E-state index in [1.54, 1.807) is 22.0 Å². The van der Waals surface area contributed by atoms with E-state index >= 15 is 0 Å². The molecule has 0 fully saturated rings. The number of nitrogens with zero attached hydrogens (tertiary/aromatic N) is 5. The summed E-state index contributed by atoms with van der Waals surface area (Å²) in [5.74, 6) is 0.759. The van der Waals surface area contributed by atoms with Gasteiger partial charge < -0.3 is 0 Å². The van der Waals surface area contributed by atoms with Crippen LogP contribution in [0.3, 0.4) is 0 Å². The summed E-state index contributed by atoms with van der Waals surface area (Å²) in [6, 6.07) is 2.01. The SMILES string of the molecule is Brc1cn[nH]c1-c1nn2c(-c3ccsc3)nnc2s1. The molecule has 4 aromatic heterocycles. The number of H-pyrrole nitrogens is 1.